The number of ether oxygens (including phenoxy) is 2. The summed E-state index contributed by atoms with van der Waals surface area (Å²) in [4.78, 5) is 12.8. The van der Waals surface area contributed by atoms with Crippen LogP contribution in [0.3, 0.4) is 0 Å². The summed E-state index contributed by atoms with van der Waals surface area (Å²) in [5, 5.41) is 16.4. The third-order valence-electron chi connectivity index (χ3n) is 5.58. The third-order valence-corrected chi connectivity index (χ3v) is 6.29. The molecule has 1 amide bonds. The molecule has 0 spiro atoms. The first-order valence-electron chi connectivity index (χ1n) is 10.2. The van der Waals surface area contributed by atoms with Crippen LogP contribution >= 0.6 is 11.3 Å². The van der Waals surface area contributed by atoms with Crippen LogP contribution < -0.4 is 5.32 Å². The second-order valence-electron chi connectivity index (χ2n) is 7.72. The summed E-state index contributed by atoms with van der Waals surface area (Å²) in [7, 11) is 0. The van der Waals surface area contributed by atoms with E-state index < -0.39 is 6.29 Å². The predicted octanol–water partition coefficient (Wildman–Crippen LogP) is 4.23. The number of rotatable bonds is 7. The van der Waals surface area contributed by atoms with Gasteiger partial charge in [0.15, 0.2) is 5.76 Å². The van der Waals surface area contributed by atoms with Gasteiger partial charge in [-0.1, -0.05) is 37.1 Å². The molecule has 1 aliphatic carbocycles. The topological polar surface area (TPSA) is 67.8 Å². The van der Waals surface area contributed by atoms with E-state index in [4.69, 9.17) is 9.47 Å². The Morgan fingerprint density at radius 3 is 2.62 bits per heavy atom. The van der Waals surface area contributed by atoms with Gasteiger partial charge in [0.05, 0.1) is 13.2 Å². The summed E-state index contributed by atoms with van der Waals surface area (Å²) < 4.78 is 12.0. The van der Waals surface area contributed by atoms with Gasteiger partial charge in [0.1, 0.15) is 0 Å². The van der Waals surface area contributed by atoms with Gasteiger partial charge in [0, 0.05) is 18.4 Å². The lowest BCUT2D eigenvalue weighted by atomic mass is 9.95. The number of amides is 1. The number of thiophene rings is 1. The summed E-state index contributed by atoms with van der Waals surface area (Å²) in [5.41, 5.74) is 3.06. The van der Waals surface area contributed by atoms with E-state index in [1.165, 1.54) is 18.4 Å². The van der Waals surface area contributed by atoms with Gasteiger partial charge in [-0.25, -0.2) is 0 Å². The lowest BCUT2D eigenvalue weighted by Gasteiger charge is -2.29. The van der Waals surface area contributed by atoms with Crippen LogP contribution in [-0.2, 0) is 27.5 Å². The molecule has 2 aromatic rings. The predicted molar refractivity (Wildman–Crippen MR) is 112 cm³/mol. The molecule has 0 saturated heterocycles. The highest BCUT2D eigenvalue weighted by Gasteiger charge is 2.30. The molecule has 5 nitrogen and oxygen atoms in total. The standard InChI is InChI=1S/C23H27NO4S/c25-13-16-5-7-17(8-6-16)14-27-22-12-19(18-9-10-29-15-18)11-21(28-22)23(26)24-20-3-1-2-4-20/h5-11,15,19-20,22,25H,1-4,12-14H2,(H,24,26)/t19-,22+/m1/s1. The number of carbonyl (C=O) groups excluding carboxylic acids is 1. The van der Waals surface area contributed by atoms with E-state index in [0.29, 0.717) is 18.8 Å². The molecule has 4 rings (SSSR count). The van der Waals surface area contributed by atoms with Crippen molar-refractivity contribution in [2.75, 3.05) is 0 Å². The monoisotopic (exact) mass is 413 g/mol. The van der Waals surface area contributed by atoms with Gasteiger partial charge in [-0.2, -0.15) is 11.3 Å². The van der Waals surface area contributed by atoms with E-state index in [2.05, 4.69) is 22.1 Å². The van der Waals surface area contributed by atoms with Crippen LogP contribution in [0, 0.1) is 0 Å². The molecular formula is C23H27NO4S. The smallest absolute Gasteiger partial charge is 0.286 e. The van der Waals surface area contributed by atoms with Crippen LogP contribution in [0.25, 0.3) is 0 Å². The Labute approximate surface area is 175 Å². The maximum absolute atomic E-state index is 12.8. The number of hydrogen-bond donors (Lipinski definition) is 2. The molecule has 2 N–H and O–H groups in total. The van der Waals surface area contributed by atoms with Crippen LogP contribution in [-0.4, -0.2) is 23.3 Å². The van der Waals surface area contributed by atoms with Gasteiger partial charge in [0.25, 0.3) is 5.91 Å². The fraction of sp³-hybridized carbons (Fsp3) is 0.435. The largest absolute Gasteiger partial charge is 0.459 e. The number of benzene rings is 1. The molecule has 0 bridgehead atoms. The van der Waals surface area contributed by atoms with E-state index in [-0.39, 0.29) is 24.5 Å². The van der Waals surface area contributed by atoms with E-state index in [0.717, 1.165) is 24.0 Å². The van der Waals surface area contributed by atoms with Crippen LogP contribution in [0.1, 0.15) is 54.7 Å². The Bertz CT molecular complexity index is 825. The van der Waals surface area contributed by atoms with Crippen LogP contribution in [0.5, 0.6) is 0 Å². The van der Waals surface area contributed by atoms with Crippen LogP contribution in [0.4, 0.5) is 0 Å². The summed E-state index contributed by atoms with van der Waals surface area (Å²) >= 11 is 1.65. The fourth-order valence-electron chi connectivity index (χ4n) is 3.89. The zero-order valence-corrected chi connectivity index (χ0v) is 17.2. The fourth-order valence-corrected chi connectivity index (χ4v) is 4.62. The van der Waals surface area contributed by atoms with Crippen molar-refractivity contribution in [1.29, 1.82) is 0 Å². The maximum atomic E-state index is 12.8. The Morgan fingerprint density at radius 2 is 1.93 bits per heavy atom. The minimum absolute atomic E-state index is 0.0272. The van der Waals surface area contributed by atoms with Gasteiger partial charge in [-0.3, -0.25) is 4.79 Å². The molecule has 2 aliphatic rings. The van der Waals surface area contributed by atoms with Crippen molar-refractivity contribution < 1.29 is 19.4 Å². The summed E-state index contributed by atoms with van der Waals surface area (Å²) in [6, 6.07) is 9.99. The third kappa shape index (κ3) is 5.26. The summed E-state index contributed by atoms with van der Waals surface area (Å²) in [6.45, 7) is 0.420. The SMILES string of the molecule is O=C(NC1CCCC1)C1=C[C@@H](c2ccsc2)C[C@@H](OCc2ccc(CO)cc2)O1. The average molecular weight is 414 g/mol. The molecule has 0 radical (unpaired) electrons. The summed E-state index contributed by atoms with van der Waals surface area (Å²) in [5.74, 6) is 0.318. The highest BCUT2D eigenvalue weighted by Crippen LogP contribution is 2.33. The van der Waals surface area contributed by atoms with E-state index in [1.54, 1.807) is 11.3 Å². The quantitative estimate of drug-likeness (QED) is 0.713. The van der Waals surface area contributed by atoms with Crippen molar-refractivity contribution in [2.24, 2.45) is 0 Å². The maximum Gasteiger partial charge on any atom is 0.286 e. The normalized spacial score (nSPS) is 22.2. The van der Waals surface area contributed by atoms with Gasteiger partial charge < -0.3 is 19.9 Å². The van der Waals surface area contributed by atoms with E-state index in [9.17, 15) is 9.90 Å². The van der Waals surface area contributed by atoms with E-state index in [1.807, 2.05) is 30.3 Å². The average Bonchev–Trinajstić information content (AvgIpc) is 3.47. The number of hydrogen-bond acceptors (Lipinski definition) is 5. The first-order valence-corrected chi connectivity index (χ1v) is 11.2. The number of carbonyl (C=O) groups is 1. The molecule has 1 aliphatic heterocycles. The zero-order valence-electron chi connectivity index (χ0n) is 16.4. The minimum atomic E-state index is -0.480. The van der Waals surface area contributed by atoms with Crippen molar-refractivity contribution >= 4 is 17.2 Å². The molecule has 1 saturated carbocycles. The van der Waals surface area contributed by atoms with Crippen molar-refractivity contribution in [2.45, 2.75) is 63.6 Å². The highest BCUT2D eigenvalue weighted by atomic mass is 32.1. The van der Waals surface area contributed by atoms with Gasteiger partial charge in [0.2, 0.25) is 6.29 Å². The second kappa shape index (κ2) is 9.57. The van der Waals surface area contributed by atoms with Crippen LogP contribution in [0.15, 0.2) is 52.9 Å². The highest BCUT2D eigenvalue weighted by molar-refractivity contribution is 7.08. The lowest BCUT2D eigenvalue weighted by Crippen LogP contribution is -2.37. The molecule has 1 fully saturated rings. The number of allylic oxidation sites excluding steroid dienone is 1. The number of aliphatic hydroxyl groups is 1. The molecular weight excluding hydrogens is 386 g/mol. The Morgan fingerprint density at radius 1 is 1.17 bits per heavy atom. The van der Waals surface area contributed by atoms with Gasteiger partial charge in [-0.05, 0) is 52.4 Å². The number of aliphatic hydroxyl groups excluding tert-OH is 1. The first-order chi connectivity index (χ1) is 14.2. The van der Waals surface area contributed by atoms with Crippen LogP contribution in [0.2, 0.25) is 0 Å². The zero-order chi connectivity index (χ0) is 20.1. The van der Waals surface area contributed by atoms with Crippen molar-refractivity contribution in [3.63, 3.8) is 0 Å². The Kier molecular flexibility index (Phi) is 6.64. The molecule has 0 unspecified atom stereocenters. The first kappa shape index (κ1) is 20.1. The molecule has 6 heteroatoms. The Hall–Kier alpha value is -2.15. The van der Waals surface area contributed by atoms with Crippen molar-refractivity contribution in [3.8, 4) is 0 Å². The lowest BCUT2D eigenvalue weighted by molar-refractivity contribution is -0.150. The van der Waals surface area contributed by atoms with Gasteiger partial charge >= 0.3 is 0 Å². The second-order valence-corrected chi connectivity index (χ2v) is 8.50. The number of nitrogens with one attached hydrogen (secondary N) is 1. The van der Waals surface area contributed by atoms with E-state index >= 15 is 0 Å². The molecule has 2 heterocycles. The van der Waals surface area contributed by atoms with Gasteiger partial charge in [-0.15, -0.1) is 0 Å². The molecule has 2 atom stereocenters. The molecule has 1 aromatic heterocycles. The van der Waals surface area contributed by atoms with Crippen molar-refractivity contribution in [3.05, 3.63) is 69.6 Å². The molecule has 1 aromatic carbocycles. The minimum Gasteiger partial charge on any atom is -0.459 e. The summed E-state index contributed by atoms with van der Waals surface area (Å²) in [6.07, 6.45) is 6.54. The molecule has 29 heavy (non-hydrogen) atoms. The molecule has 154 valence electrons. The Balaban J connectivity index is 1.43. The van der Waals surface area contributed by atoms with Crippen molar-refractivity contribution in [1.82, 2.24) is 5.32 Å².